The van der Waals surface area contributed by atoms with Gasteiger partial charge in [0.15, 0.2) is 0 Å². The molecule has 0 radical (unpaired) electrons. The van der Waals surface area contributed by atoms with Crippen molar-refractivity contribution in [1.82, 2.24) is 10.2 Å². The minimum Gasteiger partial charge on any atom is -0.468 e. The first-order valence-electron chi connectivity index (χ1n) is 7.91. The SMILES string of the molecule is CCNC(CCN(C)C1CCC(C)(C)CC1)C(=O)OC. The van der Waals surface area contributed by atoms with Crippen LogP contribution in [0.5, 0.6) is 0 Å². The third-order valence-corrected chi connectivity index (χ3v) is 4.64. The summed E-state index contributed by atoms with van der Waals surface area (Å²) in [5.41, 5.74) is 0.510. The monoisotopic (exact) mass is 284 g/mol. The van der Waals surface area contributed by atoms with E-state index in [1.54, 1.807) is 0 Å². The molecule has 1 rings (SSSR count). The van der Waals surface area contributed by atoms with Gasteiger partial charge < -0.3 is 15.0 Å². The Kier molecular flexibility index (Phi) is 6.96. The molecule has 1 saturated carbocycles. The molecule has 1 atom stereocenters. The first kappa shape index (κ1) is 17.4. The summed E-state index contributed by atoms with van der Waals surface area (Å²) >= 11 is 0. The topological polar surface area (TPSA) is 41.6 Å². The molecule has 0 aromatic rings. The minimum atomic E-state index is -0.174. The summed E-state index contributed by atoms with van der Waals surface area (Å²) in [6, 6.07) is 0.496. The van der Waals surface area contributed by atoms with Crippen LogP contribution in [0, 0.1) is 5.41 Å². The van der Waals surface area contributed by atoms with Crippen molar-refractivity contribution < 1.29 is 9.53 Å². The molecule has 1 aliphatic rings. The highest BCUT2D eigenvalue weighted by Crippen LogP contribution is 2.36. The van der Waals surface area contributed by atoms with Gasteiger partial charge in [0.2, 0.25) is 0 Å². The van der Waals surface area contributed by atoms with Gasteiger partial charge in [-0.1, -0.05) is 20.8 Å². The van der Waals surface area contributed by atoms with Crippen molar-refractivity contribution in [3.8, 4) is 0 Å². The minimum absolute atomic E-state index is 0.148. The number of rotatable bonds is 7. The first-order valence-corrected chi connectivity index (χ1v) is 7.91. The summed E-state index contributed by atoms with van der Waals surface area (Å²) in [5, 5.41) is 3.20. The summed E-state index contributed by atoms with van der Waals surface area (Å²) < 4.78 is 4.85. The number of esters is 1. The van der Waals surface area contributed by atoms with Crippen molar-refractivity contribution >= 4 is 5.97 Å². The van der Waals surface area contributed by atoms with Crippen LogP contribution >= 0.6 is 0 Å². The van der Waals surface area contributed by atoms with Crippen LogP contribution in [-0.4, -0.2) is 50.2 Å². The molecular weight excluding hydrogens is 252 g/mol. The largest absolute Gasteiger partial charge is 0.468 e. The fourth-order valence-electron chi connectivity index (χ4n) is 3.03. The number of nitrogens with zero attached hydrogens (tertiary/aromatic N) is 1. The molecule has 0 heterocycles. The van der Waals surface area contributed by atoms with Crippen LogP contribution in [0.15, 0.2) is 0 Å². The van der Waals surface area contributed by atoms with Crippen molar-refractivity contribution in [2.75, 3.05) is 27.2 Å². The molecule has 118 valence electrons. The van der Waals surface area contributed by atoms with E-state index in [1.165, 1.54) is 32.8 Å². The Balaban J connectivity index is 2.38. The van der Waals surface area contributed by atoms with Gasteiger partial charge in [-0.05, 0) is 51.1 Å². The molecular formula is C16H32N2O2. The van der Waals surface area contributed by atoms with E-state index < -0.39 is 0 Å². The Morgan fingerprint density at radius 2 is 2.00 bits per heavy atom. The molecule has 1 N–H and O–H groups in total. The maximum atomic E-state index is 11.7. The summed E-state index contributed by atoms with van der Waals surface area (Å²) in [6.07, 6.45) is 5.96. The zero-order valence-electron chi connectivity index (χ0n) is 13.9. The highest BCUT2D eigenvalue weighted by molar-refractivity contribution is 5.75. The van der Waals surface area contributed by atoms with E-state index in [1.807, 2.05) is 6.92 Å². The normalized spacial score (nSPS) is 20.9. The Morgan fingerprint density at radius 3 is 2.50 bits per heavy atom. The van der Waals surface area contributed by atoms with E-state index in [4.69, 9.17) is 4.74 Å². The van der Waals surface area contributed by atoms with Gasteiger partial charge in [-0.2, -0.15) is 0 Å². The van der Waals surface area contributed by atoms with Crippen molar-refractivity contribution in [1.29, 1.82) is 0 Å². The number of hydrogen-bond donors (Lipinski definition) is 1. The van der Waals surface area contributed by atoms with Crippen molar-refractivity contribution in [3.63, 3.8) is 0 Å². The van der Waals surface area contributed by atoms with Crippen LogP contribution in [0.25, 0.3) is 0 Å². The predicted octanol–water partition coefficient (Wildman–Crippen LogP) is 2.43. The molecule has 4 heteroatoms. The molecule has 20 heavy (non-hydrogen) atoms. The average molecular weight is 284 g/mol. The summed E-state index contributed by atoms with van der Waals surface area (Å²) in [6.45, 7) is 8.48. The number of nitrogens with one attached hydrogen (secondary N) is 1. The van der Waals surface area contributed by atoms with Gasteiger partial charge in [-0.25, -0.2) is 0 Å². The highest BCUT2D eigenvalue weighted by atomic mass is 16.5. The van der Waals surface area contributed by atoms with Crippen molar-refractivity contribution in [2.24, 2.45) is 5.41 Å². The van der Waals surface area contributed by atoms with Crippen molar-refractivity contribution in [3.05, 3.63) is 0 Å². The Morgan fingerprint density at radius 1 is 1.40 bits per heavy atom. The second-order valence-electron chi connectivity index (χ2n) is 6.80. The fourth-order valence-corrected chi connectivity index (χ4v) is 3.03. The smallest absolute Gasteiger partial charge is 0.322 e. The summed E-state index contributed by atoms with van der Waals surface area (Å²) in [4.78, 5) is 14.1. The highest BCUT2D eigenvalue weighted by Gasteiger charge is 2.29. The standard InChI is InChI=1S/C16H32N2O2/c1-6-17-14(15(19)20-5)9-12-18(4)13-7-10-16(2,3)11-8-13/h13-14,17H,6-12H2,1-5H3. The third-order valence-electron chi connectivity index (χ3n) is 4.64. The second-order valence-corrected chi connectivity index (χ2v) is 6.80. The van der Waals surface area contributed by atoms with E-state index in [2.05, 4.69) is 31.1 Å². The average Bonchev–Trinajstić information content (AvgIpc) is 2.42. The maximum absolute atomic E-state index is 11.7. The van der Waals surface area contributed by atoms with Crippen LogP contribution in [-0.2, 0) is 9.53 Å². The lowest BCUT2D eigenvalue weighted by Crippen LogP contribution is -2.43. The van der Waals surface area contributed by atoms with Crippen molar-refractivity contribution in [2.45, 2.75) is 65.0 Å². The molecule has 0 amide bonds. The Bertz CT molecular complexity index is 295. The molecule has 0 aromatic carbocycles. The number of carbonyl (C=O) groups excluding carboxylic acids is 1. The van der Waals surface area contributed by atoms with Gasteiger partial charge in [-0.15, -0.1) is 0 Å². The van der Waals surface area contributed by atoms with E-state index in [9.17, 15) is 4.79 Å². The Hall–Kier alpha value is -0.610. The molecule has 1 aliphatic carbocycles. The van der Waals surface area contributed by atoms with Gasteiger partial charge in [-0.3, -0.25) is 4.79 Å². The second kappa shape index (κ2) is 7.99. The van der Waals surface area contributed by atoms with E-state index in [0.29, 0.717) is 11.5 Å². The van der Waals surface area contributed by atoms with Gasteiger partial charge >= 0.3 is 5.97 Å². The quantitative estimate of drug-likeness (QED) is 0.729. The zero-order chi connectivity index (χ0) is 15.2. The summed E-state index contributed by atoms with van der Waals surface area (Å²) in [7, 11) is 3.64. The lowest BCUT2D eigenvalue weighted by atomic mass is 9.75. The number of carbonyl (C=O) groups is 1. The number of ether oxygens (including phenoxy) is 1. The lowest BCUT2D eigenvalue weighted by molar-refractivity contribution is -0.143. The van der Waals surface area contributed by atoms with Crippen LogP contribution in [0.1, 0.15) is 52.9 Å². The van der Waals surface area contributed by atoms with Crippen LogP contribution < -0.4 is 5.32 Å². The Labute approximate surface area is 124 Å². The van der Waals surface area contributed by atoms with Crippen LogP contribution in [0.3, 0.4) is 0 Å². The first-order chi connectivity index (χ1) is 9.39. The molecule has 1 unspecified atom stereocenters. The predicted molar refractivity (Wildman–Crippen MR) is 82.8 cm³/mol. The van der Waals surface area contributed by atoms with Gasteiger partial charge in [0, 0.05) is 12.6 Å². The van der Waals surface area contributed by atoms with Crippen LogP contribution in [0.4, 0.5) is 0 Å². The van der Waals surface area contributed by atoms with Gasteiger partial charge in [0.1, 0.15) is 6.04 Å². The lowest BCUT2D eigenvalue weighted by Gasteiger charge is -2.39. The number of methoxy groups -OCH3 is 1. The number of likely N-dealkylation sites (N-methyl/N-ethyl adjacent to an activating group) is 1. The third kappa shape index (κ3) is 5.41. The van der Waals surface area contributed by atoms with Gasteiger partial charge in [0.05, 0.1) is 7.11 Å². The molecule has 0 aliphatic heterocycles. The van der Waals surface area contributed by atoms with Gasteiger partial charge in [0.25, 0.3) is 0 Å². The van der Waals surface area contributed by atoms with E-state index in [0.717, 1.165) is 19.5 Å². The molecule has 4 nitrogen and oxygen atoms in total. The molecule has 0 saturated heterocycles. The van der Waals surface area contributed by atoms with E-state index in [-0.39, 0.29) is 12.0 Å². The molecule has 0 bridgehead atoms. The maximum Gasteiger partial charge on any atom is 0.322 e. The summed E-state index contributed by atoms with van der Waals surface area (Å²) in [5.74, 6) is -0.148. The van der Waals surface area contributed by atoms with Crippen LogP contribution in [0.2, 0.25) is 0 Å². The molecule has 1 fully saturated rings. The molecule has 0 aromatic heterocycles. The number of hydrogen-bond acceptors (Lipinski definition) is 4. The fraction of sp³-hybridized carbons (Fsp3) is 0.938. The van der Waals surface area contributed by atoms with E-state index >= 15 is 0 Å². The molecule has 0 spiro atoms. The zero-order valence-corrected chi connectivity index (χ0v) is 13.9.